The average molecular weight is 391 g/mol. The zero-order chi connectivity index (χ0) is 19.6. The first-order chi connectivity index (χ1) is 13.0. The molecule has 0 bridgehead atoms. The van der Waals surface area contributed by atoms with E-state index in [1.54, 1.807) is 26.2 Å². The molecule has 1 aliphatic heterocycles. The molecule has 0 aromatic heterocycles. The molecule has 0 N–H and O–H groups in total. The van der Waals surface area contributed by atoms with Gasteiger partial charge in [0.1, 0.15) is 12.4 Å². The van der Waals surface area contributed by atoms with Crippen LogP contribution in [0.1, 0.15) is 12.5 Å². The lowest BCUT2D eigenvalue weighted by Gasteiger charge is -2.16. The lowest BCUT2D eigenvalue weighted by molar-refractivity contribution is -0.140. The number of nitrogens with zero attached hydrogens (tertiary/aromatic N) is 1. The van der Waals surface area contributed by atoms with Crippen molar-refractivity contribution in [1.29, 1.82) is 0 Å². The van der Waals surface area contributed by atoms with E-state index >= 15 is 0 Å². The van der Waals surface area contributed by atoms with Gasteiger partial charge in [0.05, 0.1) is 37.1 Å². The topological polar surface area (TPSA) is 82.1 Å². The molecular formula is C19H21NO6S. The minimum atomic E-state index is -0.520. The fraction of sp³-hybridized carbons (Fsp3) is 0.316. The van der Waals surface area contributed by atoms with Crippen molar-refractivity contribution >= 4 is 35.7 Å². The van der Waals surface area contributed by atoms with Crippen molar-refractivity contribution in [3.05, 3.63) is 47.0 Å². The highest BCUT2D eigenvalue weighted by Crippen LogP contribution is 2.28. The van der Waals surface area contributed by atoms with E-state index in [1.165, 1.54) is 28.8 Å². The molecule has 7 nitrogen and oxygen atoms in total. The van der Waals surface area contributed by atoms with Gasteiger partial charge in [0.25, 0.3) is 0 Å². The predicted octanol–water partition coefficient (Wildman–Crippen LogP) is 2.23. The van der Waals surface area contributed by atoms with E-state index in [9.17, 15) is 14.4 Å². The lowest BCUT2D eigenvalue weighted by Crippen LogP contribution is -2.29. The van der Waals surface area contributed by atoms with E-state index in [4.69, 9.17) is 14.2 Å². The molecule has 1 heterocycles. The number of amides is 1. The van der Waals surface area contributed by atoms with Gasteiger partial charge in [0.15, 0.2) is 0 Å². The monoisotopic (exact) mass is 391 g/mol. The third-order valence-corrected chi connectivity index (χ3v) is 4.53. The summed E-state index contributed by atoms with van der Waals surface area (Å²) in [7, 11) is 1.57. The number of methoxy groups -OCH3 is 1. The molecular weight excluding hydrogens is 370 g/mol. The minimum absolute atomic E-state index is 0.0216. The number of ether oxygens (including phenoxy) is 3. The fourth-order valence-corrected chi connectivity index (χ4v) is 3.20. The van der Waals surface area contributed by atoms with Crippen molar-refractivity contribution in [3.8, 4) is 5.75 Å². The van der Waals surface area contributed by atoms with E-state index in [-0.39, 0.29) is 31.4 Å². The van der Waals surface area contributed by atoms with Crippen LogP contribution in [0.3, 0.4) is 0 Å². The molecule has 1 fully saturated rings. The molecule has 0 atom stereocenters. The average Bonchev–Trinajstić information content (AvgIpc) is 3.00. The third kappa shape index (κ3) is 6.49. The smallest absolute Gasteiger partial charge is 0.333 e. The Morgan fingerprint density at radius 2 is 2.07 bits per heavy atom. The summed E-state index contributed by atoms with van der Waals surface area (Å²) in [6, 6.07) is 7.25. The zero-order valence-corrected chi connectivity index (χ0v) is 16.0. The van der Waals surface area contributed by atoms with Crippen LogP contribution in [0, 0.1) is 0 Å². The van der Waals surface area contributed by atoms with Crippen molar-refractivity contribution in [2.24, 2.45) is 0 Å². The molecule has 0 saturated carbocycles. The summed E-state index contributed by atoms with van der Waals surface area (Å²) >= 11 is 1.25. The van der Waals surface area contributed by atoms with Gasteiger partial charge < -0.3 is 19.1 Å². The van der Waals surface area contributed by atoms with Gasteiger partial charge in [0, 0.05) is 6.08 Å². The molecule has 1 aliphatic rings. The molecule has 0 radical (unpaired) electrons. The van der Waals surface area contributed by atoms with E-state index in [1.807, 2.05) is 18.2 Å². The molecule has 0 spiro atoms. The maximum absolute atomic E-state index is 11.9. The van der Waals surface area contributed by atoms with Crippen molar-refractivity contribution in [2.45, 2.75) is 6.92 Å². The molecule has 144 valence electrons. The Balaban J connectivity index is 1.84. The van der Waals surface area contributed by atoms with Crippen LogP contribution >= 0.6 is 11.8 Å². The number of benzene rings is 1. The second-order valence-corrected chi connectivity index (χ2v) is 6.34. The normalized spacial score (nSPS) is 15.4. The maximum Gasteiger partial charge on any atom is 0.333 e. The van der Waals surface area contributed by atoms with E-state index in [2.05, 4.69) is 0 Å². The second kappa shape index (κ2) is 10.4. The molecule has 27 heavy (non-hydrogen) atoms. The largest absolute Gasteiger partial charge is 0.497 e. The molecule has 0 unspecified atom stereocenters. The molecule has 1 aromatic rings. The Bertz CT molecular complexity index is 758. The van der Waals surface area contributed by atoms with Crippen molar-refractivity contribution in [1.82, 2.24) is 4.90 Å². The van der Waals surface area contributed by atoms with Crippen LogP contribution in [-0.4, -0.2) is 55.4 Å². The summed E-state index contributed by atoms with van der Waals surface area (Å²) < 4.78 is 15.1. The summed E-state index contributed by atoms with van der Waals surface area (Å²) in [4.78, 5) is 36.7. The Hall–Kier alpha value is -2.74. The highest BCUT2D eigenvalue weighted by atomic mass is 32.2. The van der Waals surface area contributed by atoms with Crippen molar-refractivity contribution < 1.29 is 28.6 Å². The second-order valence-electron chi connectivity index (χ2n) is 5.35. The molecule has 0 aliphatic carbocycles. The van der Waals surface area contributed by atoms with Crippen LogP contribution in [0.25, 0.3) is 6.08 Å². The fourth-order valence-electron chi connectivity index (χ4n) is 2.25. The van der Waals surface area contributed by atoms with Crippen LogP contribution < -0.4 is 4.74 Å². The Kier molecular flexibility index (Phi) is 7.94. The molecule has 8 heteroatoms. The van der Waals surface area contributed by atoms with Gasteiger partial charge in [0.2, 0.25) is 5.91 Å². The van der Waals surface area contributed by atoms with Crippen molar-refractivity contribution in [3.63, 3.8) is 0 Å². The van der Waals surface area contributed by atoms with E-state index in [0.29, 0.717) is 10.8 Å². The number of carbonyl (C=O) groups excluding carboxylic acids is 3. The van der Waals surface area contributed by atoms with Crippen LogP contribution in [0.2, 0.25) is 0 Å². The SMILES string of the molecule is CCOC(=O)/C=C1\SCC(=O)N1CCOC(=O)/C=C/c1cccc(OC)c1. The van der Waals surface area contributed by atoms with Crippen molar-refractivity contribution in [2.75, 3.05) is 32.6 Å². The highest BCUT2D eigenvalue weighted by Gasteiger charge is 2.27. The first-order valence-electron chi connectivity index (χ1n) is 8.34. The first-order valence-corrected chi connectivity index (χ1v) is 9.32. The van der Waals surface area contributed by atoms with E-state index in [0.717, 1.165) is 5.56 Å². The van der Waals surface area contributed by atoms with Gasteiger partial charge >= 0.3 is 11.9 Å². The summed E-state index contributed by atoms with van der Waals surface area (Å²) in [5, 5.41) is 0.501. The molecule has 2 rings (SSSR count). The molecule has 1 saturated heterocycles. The minimum Gasteiger partial charge on any atom is -0.497 e. The van der Waals surface area contributed by atoms with Crippen LogP contribution in [0.5, 0.6) is 5.75 Å². The quantitative estimate of drug-likeness (QED) is 0.496. The predicted molar refractivity (Wildman–Crippen MR) is 102 cm³/mol. The summed E-state index contributed by atoms with van der Waals surface area (Å²) in [6.45, 7) is 2.17. The Labute approximate surface area is 161 Å². The summed E-state index contributed by atoms with van der Waals surface area (Å²) in [5.41, 5.74) is 0.803. The first kappa shape index (κ1) is 20.6. The highest BCUT2D eigenvalue weighted by molar-refractivity contribution is 8.04. The van der Waals surface area contributed by atoms with E-state index < -0.39 is 11.9 Å². The lowest BCUT2D eigenvalue weighted by atomic mass is 10.2. The van der Waals surface area contributed by atoms with Crippen LogP contribution in [0.4, 0.5) is 0 Å². The third-order valence-electron chi connectivity index (χ3n) is 3.50. The molecule has 1 amide bonds. The van der Waals surface area contributed by atoms with Gasteiger partial charge in [-0.1, -0.05) is 23.9 Å². The van der Waals surface area contributed by atoms with Gasteiger partial charge in [-0.15, -0.1) is 0 Å². The van der Waals surface area contributed by atoms with Gasteiger partial charge in [-0.05, 0) is 30.7 Å². The van der Waals surface area contributed by atoms with Gasteiger partial charge in [-0.25, -0.2) is 9.59 Å². The number of rotatable bonds is 8. The summed E-state index contributed by atoms with van der Waals surface area (Å²) in [5.74, 6) is -0.226. The van der Waals surface area contributed by atoms with Gasteiger partial charge in [-0.3, -0.25) is 4.79 Å². The van der Waals surface area contributed by atoms with Gasteiger partial charge in [-0.2, -0.15) is 0 Å². The number of esters is 2. The number of hydrogen-bond donors (Lipinski definition) is 0. The Morgan fingerprint density at radius 3 is 2.81 bits per heavy atom. The zero-order valence-electron chi connectivity index (χ0n) is 15.2. The number of thioether (sulfide) groups is 1. The Morgan fingerprint density at radius 1 is 1.26 bits per heavy atom. The standard InChI is InChI=1S/C19H21NO6S/c1-3-25-19(23)12-17-20(16(21)13-27-17)9-10-26-18(22)8-7-14-5-4-6-15(11-14)24-2/h4-8,11-12H,3,9-10,13H2,1-2H3/b8-7+,17-12-. The number of hydrogen-bond acceptors (Lipinski definition) is 7. The maximum atomic E-state index is 11.9. The number of carbonyl (C=O) groups is 3. The summed E-state index contributed by atoms with van der Waals surface area (Å²) in [6.07, 6.45) is 4.21. The van der Waals surface area contributed by atoms with Crippen LogP contribution in [-0.2, 0) is 23.9 Å². The molecule has 1 aromatic carbocycles. The van der Waals surface area contributed by atoms with Crippen LogP contribution in [0.15, 0.2) is 41.4 Å².